The highest BCUT2D eigenvalue weighted by molar-refractivity contribution is 6.32. The first-order valence-electron chi connectivity index (χ1n) is 13.6. The normalized spacial score (nSPS) is 30.1. The summed E-state index contributed by atoms with van der Waals surface area (Å²) >= 11 is 6.73. The topological polar surface area (TPSA) is 72.3 Å². The van der Waals surface area contributed by atoms with Gasteiger partial charge in [-0.2, -0.15) is 5.10 Å². The average molecular weight is 540 g/mol. The third kappa shape index (κ3) is 4.50. The number of nitrogens with zero attached hydrogens (tertiary/aromatic N) is 4. The maximum Gasteiger partial charge on any atom is 0.229 e. The standard InChI is InChI=1S/C29H35ClFN5O2/c1-4-21-26(20-13-33-35(3)14-20)27(21)28(37)34-25-11-18-9-22(23(30)10-19(18)12-32-25)17-5-7-36(8-6-17)29(2)16-38-15-24(29)31/h9-14,17,21,24,26-27H,4-8,15-16H2,1-3H3,(H,32,34,37)/t21-,24+,26+,27+,29-/m0/s1. The van der Waals surface area contributed by atoms with Gasteiger partial charge in [0.25, 0.3) is 0 Å². The number of anilines is 1. The molecule has 0 unspecified atom stereocenters. The maximum atomic E-state index is 14.5. The number of ether oxygens (including phenoxy) is 1. The monoisotopic (exact) mass is 539 g/mol. The summed E-state index contributed by atoms with van der Waals surface area (Å²) < 4.78 is 21.7. The van der Waals surface area contributed by atoms with Gasteiger partial charge in [0.2, 0.25) is 5.91 Å². The summed E-state index contributed by atoms with van der Waals surface area (Å²) in [6.45, 7) is 6.36. The molecule has 9 heteroatoms. The molecule has 6 rings (SSSR count). The number of benzene rings is 1. The number of likely N-dealkylation sites (tertiary alicyclic amines) is 1. The Labute approximate surface area is 227 Å². The molecule has 7 nitrogen and oxygen atoms in total. The third-order valence-electron chi connectivity index (χ3n) is 9.13. The average Bonchev–Trinajstić information content (AvgIpc) is 3.33. The molecule has 1 amide bonds. The predicted octanol–water partition coefficient (Wildman–Crippen LogP) is 5.31. The fourth-order valence-electron chi connectivity index (χ4n) is 6.71. The highest BCUT2D eigenvalue weighted by Gasteiger charge is 2.54. The lowest BCUT2D eigenvalue weighted by Gasteiger charge is -2.43. The van der Waals surface area contributed by atoms with Gasteiger partial charge in [-0.3, -0.25) is 14.4 Å². The Bertz CT molecular complexity index is 1360. The van der Waals surface area contributed by atoms with Crippen LogP contribution < -0.4 is 5.32 Å². The number of carbonyl (C=O) groups is 1. The molecule has 2 aromatic heterocycles. The minimum Gasteiger partial charge on any atom is -0.376 e. The highest BCUT2D eigenvalue weighted by atomic mass is 35.5. The number of aryl methyl sites for hydroxylation is 1. The van der Waals surface area contributed by atoms with Gasteiger partial charge in [0.05, 0.1) is 24.9 Å². The number of piperidine rings is 1. The molecule has 1 aromatic carbocycles. The molecule has 5 atom stereocenters. The Morgan fingerprint density at radius 3 is 2.68 bits per heavy atom. The van der Waals surface area contributed by atoms with Crippen LogP contribution in [0.5, 0.6) is 0 Å². The Balaban J connectivity index is 1.16. The molecule has 4 heterocycles. The van der Waals surface area contributed by atoms with Gasteiger partial charge in [0, 0.05) is 41.7 Å². The van der Waals surface area contributed by atoms with E-state index >= 15 is 0 Å². The lowest BCUT2D eigenvalue weighted by Crippen LogP contribution is -2.55. The third-order valence-corrected chi connectivity index (χ3v) is 9.46. The zero-order valence-electron chi connectivity index (χ0n) is 22.2. The Morgan fingerprint density at radius 2 is 2.03 bits per heavy atom. The Morgan fingerprint density at radius 1 is 1.24 bits per heavy atom. The van der Waals surface area contributed by atoms with Crippen molar-refractivity contribution in [1.29, 1.82) is 0 Å². The van der Waals surface area contributed by atoms with E-state index in [1.165, 1.54) is 0 Å². The molecule has 38 heavy (non-hydrogen) atoms. The first kappa shape index (κ1) is 25.7. The van der Waals surface area contributed by atoms with Crippen LogP contribution in [-0.4, -0.2) is 63.6 Å². The molecule has 3 aromatic rings. The van der Waals surface area contributed by atoms with Crippen molar-refractivity contribution in [2.24, 2.45) is 18.9 Å². The second-order valence-corrected chi connectivity index (χ2v) is 11.9. The summed E-state index contributed by atoms with van der Waals surface area (Å²) in [6.07, 6.45) is 7.46. The molecular formula is C29H35ClFN5O2. The Hall–Kier alpha value is -2.55. The van der Waals surface area contributed by atoms with Crippen LogP contribution in [0.1, 0.15) is 56.1 Å². The number of pyridine rings is 1. The minimum absolute atomic E-state index is 0.00895. The van der Waals surface area contributed by atoms with Crippen molar-refractivity contribution in [1.82, 2.24) is 19.7 Å². The van der Waals surface area contributed by atoms with Crippen LogP contribution in [0.15, 0.2) is 36.8 Å². The number of nitrogens with one attached hydrogen (secondary N) is 1. The van der Waals surface area contributed by atoms with Crippen LogP contribution in [0.3, 0.4) is 0 Å². The number of rotatable bonds is 6. The number of hydrogen-bond acceptors (Lipinski definition) is 5. The molecule has 1 aliphatic carbocycles. The molecule has 2 saturated heterocycles. The lowest BCUT2D eigenvalue weighted by molar-refractivity contribution is -0.117. The number of carbonyl (C=O) groups excluding carboxylic acids is 1. The fraction of sp³-hybridized carbons (Fsp3) is 0.552. The predicted molar refractivity (Wildman–Crippen MR) is 146 cm³/mol. The van der Waals surface area contributed by atoms with Gasteiger partial charge in [-0.05, 0) is 79.4 Å². The smallest absolute Gasteiger partial charge is 0.229 e. The molecule has 202 valence electrons. The second kappa shape index (κ2) is 9.88. The van der Waals surface area contributed by atoms with Crippen LogP contribution in [0.2, 0.25) is 5.02 Å². The summed E-state index contributed by atoms with van der Waals surface area (Å²) in [5.74, 6) is 1.33. The van der Waals surface area contributed by atoms with E-state index in [-0.39, 0.29) is 24.3 Å². The number of hydrogen-bond donors (Lipinski definition) is 1. The summed E-state index contributed by atoms with van der Waals surface area (Å²) in [5, 5.41) is 10.0. The number of halogens is 2. The molecule has 0 radical (unpaired) electrons. The van der Waals surface area contributed by atoms with Crippen molar-refractivity contribution in [3.05, 3.63) is 52.9 Å². The van der Waals surface area contributed by atoms with Crippen molar-refractivity contribution in [2.45, 2.75) is 56.7 Å². The quantitative estimate of drug-likeness (QED) is 0.460. The van der Waals surface area contributed by atoms with Gasteiger partial charge in [-0.25, -0.2) is 9.37 Å². The minimum atomic E-state index is -0.952. The van der Waals surface area contributed by atoms with E-state index in [2.05, 4.69) is 33.3 Å². The van der Waals surface area contributed by atoms with Crippen molar-refractivity contribution >= 4 is 34.1 Å². The van der Waals surface area contributed by atoms with Gasteiger partial charge in [-0.1, -0.05) is 24.9 Å². The van der Waals surface area contributed by atoms with E-state index in [0.717, 1.165) is 59.3 Å². The van der Waals surface area contributed by atoms with E-state index in [9.17, 15) is 9.18 Å². The van der Waals surface area contributed by atoms with Crippen LogP contribution in [0, 0.1) is 11.8 Å². The van der Waals surface area contributed by atoms with Crippen LogP contribution in [0.4, 0.5) is 10.2 Å². The van der Waals surface area contributed by atoms with Gasteiger partial charge in [0.15, 0.2) is 0 Å². The van der Waals surface area contributed by atoms with Crippen LogP contribution in [-0.2, 0) is 16.6 Å². The van der Waals surface area contributed by atoms with E-state index in [1.54, 1.807) is 10.9 Å². The lowest BCUT2D eigenvalue weighted by atomic mass is 9.85. The molecular weight excluding hydrogens is 505 g/mol. The van der Waals surface area contributed by atoms with Gasteiger partial charge < -0.3 is 10.1 Å². The molecule has 3 aliphatic rings. The molecule has 1 saturated carbocycles. The van der Waals surface area contributed by atoms with Gasteiger partial charge >= 0.3 is 0 Å². The fourth-order valence-corrected chi connectivity index (χ4v) is 7.04. The second-order valence-electron chi connectivity index (χ2n) is 11.5. The van der Waals surface area contributed by atoms with Crippen LogP contribution >= 0.6 is 11.6 Å². The number of aromatic nitrogens is 3. The molecule has 3 fully saturated rings. The number of amides is 1. The summed E-state index contributed by atoms with van der Waals surface area (Å²) in [4.78, 5) is 19.9. The SMILES string of the molecule is CC[C@@H]1[C@@H](C(=O)Nc2cc3cc(C4CCN([C@@]5(C)COC[C@H]5F)CC4)c(Cl)cc3cn2)[C@@H]1c1cnn(C)c1. The van der Waals surface area contributed by atoms with Gasteiger partial charge in [0.1, 0.15) is 12.0 Å². The number of fused-ring (bicyclic) bond motifs is 1. The first-order valence-corrected chi connectivity index (χ1v) is 14.0. The van der Waals surface area contributed by atoms with Crippen molar-refractivity contribution in [3.63, 3.8) is 0 Å². The van der Waals surface area contributed by atoms with E-state index in [4.69, 9.17) is 16.3 Å². The van der Waals surface area contributed by atoms with Crippen molar-refractivity contribution < 1.29 is 13.9 Å². The zero-order valence-corrected chi connectivity index (χ0v) is 22.9. The summed E-state index contributed by atoms with van der Waals surface area (Å²) in [5.41, 5.74) is 1.69. The molecule has 2 aliphatic heterocycles. The van der Waals surface area contributed by atoms with Crippen molar-refractivity contribution in [2.75, 3.05) is 31.6 Å². The first-order chi connectivity index (χ1) is 18.3. The zero-order chi connectivity index (χ0) is 26.6. The van der Waals surface area contributed by atoms with E-state index in [1.807, 2.05) is 38.5 Å². The van der Waals surface area contributed by atoms with Crippen LogP contribution in [0.25, 0.3) is 10.8 Å². The largest absolute Gasteiger partial charge is 0.376 e. The molecule has 1 N–H and O–H groups in total. The van der Waals surface area contributed by atoms with Crippen molar-refractivity contribution in [3.8, 4) is 0 Å². The Kier molecular flexibility index (Phi) is 6.69. The van der Waals surface area contributed by atoms with Gasteiger partial charge in [-0.15, -0.1) is 0 Å². The summed E-state index contributed by atoms with van der Waals surface area (Å²) in [7, 11) is 1.90. The van der Waals surface area contributed by atoms with E-state index in [0.29, 0.717) is 24.3 Å². The molecule has 0 bridgehead atoms. The number of alkyl halides is 1. The summed E-state index contributed by atoms with van der Waals surface area (Å²) in [6, 6.07) is 6.04. The van der Waals surface area contributed by atoms with E-state index < -0.39 is 11.7 Å². The molecule has 0 spiro atoms. The maximum absolute atomic E-state index is 14.5. The highest BCUT2D eigenvalue weighted by Crippen LogP contribution is 2.56.